The Bertz CT molecular complexity index is 2830. The van der Waals surface area contributed by atoms with Gasteiger partial charge in [0.2, 0.25) is 0 Å². The van der Waals surface area contributed by atoms with Gasteiger partial charge in [0, 0.05) is 32.1 Å². The molecular weight excluding hydrogens is 1140 g/mol. The van der Waals surface area contributed by atoms with E-state index in [1.165, 1.54) is 12.5 Å². The van der Waals surface area contributed by atoms with E-state index >= 15 is 0 Å². The second-order valence-electron chi connectivity index (χ2n) is 14.6. The molecule has 442 valence electrons. The van der Waals surface area contributed by atoms with E-state index in [0.29, 0.717) is 137 Å². The molecule has 77 heavy (non-hydrogen) atoms. The predicted molar refractivity (Wildman–Crippen MR) is 265 cm³/mol. The Kier molecular flexibility index (Phi) is 34.2. The Morgan fingerprint density at radius 3 is 0.818 bits per heavy atom. The molecule has 0 saturated carbocycles. The maximum atomic E-state index is 10.5. The van der Waals surface area contributed by atoms with Crippen LogP contribution in [0.4, 0.5) is 0 Å². The van der Waals surface area contributed by atoms with E-state index in [0.717, 1.165) is 12.8 Å². The van der Waals surface area contributed by atoms with E-state index in [-0.39, 0.29) is 17.3 Å². The van der Waals surface area contributed by atoms with Crippen LogP contribution >= 0.6 is 0 Å². The minimum absolute atomic E-state index is 0.201. The molecule has 0 N–H and O–H groups in total. The average Bonchev–Trinajstić information content (AvgIpc) is 4.21. The fraction of sp³-hybridized carbons (Fsp3) is 0.643. The Hall–Kier alpha value is -5.08. The summed E-state index contributed by atoms with van der Waals surface area (Å²) in [5.74, 6) is 2.46. The third-order valence-corrected chi connectivity index (χ3v) is 14.0. The van der Waals surface area contributed by atoms with Crippen molar-refractivity contribution in [2.45, 2.75) is 113 Å². The summed E-state index contributed by atoms with van der Waals surface area (Å²) >= 11 is -2.85. The first-order chi connectivity index (χ1) is 36.3. The molecule has 5 fully saturated rings. The molecule has 0 spiro atoms. The minimum Gasteiger partial charge on any atom is -0.399 e. The zero-order chi connectivity index (χ0) is 58.0. The zero-order valence-corrected chi connectivity index (χ0v) is 47.5. The number of hydrogen-bond donors (Lipinski definition) is 0. The van der Waals surface area contributed by atoms with Crippen LogP contribution in [0.3, 0.4) is 0 Å². The molecule has 0 bridgehead atoms. The van der Waals surface area contributed by atoms with Crippen LogP contribution in [0.25, 0.3) is 0 Å². The minimum atomic E-state index is -3.05. The normalized spacial score (nSPS) is 17.2. The first-order valence-corrected chi connectivity index (χ1v) is 29.9. The summed E-state index contributed by atoms with van der Waals surface area (Å²) in [6.07, 6.45) is 9.16. The van der Waals surface area contributed by atoms with Crippen molar-refractivity contribution in [2.24, 2.45) is 0 Å². The van der Waals surface area contributed by atoms with E-state index in [4.69, 9.17) is 4.42 Å². The summed E-state index contributed by atoms with van der Waals surface area (Å²) in [5, 5.41) is 0. The highest BCUT2D eigenvalue weighted by Crippen LogP contribution is 2.09. The second kappa shape index (κ2) is 37.7. The van der Waals surface area contributed by atoms with Crippen molar-refractivity contribution >= 4 is 53.1 Å². The van der Waals surface area contributed by atoms with Crippen molar-refractivity contribution in [3.05, 3.63) is 112 Å². The van der Waals surface area contributed by atoms with Gasteiger partial charge in [0.05, 0.1) is 63.5 Å². The van der Waals surface area contributed by atoms with Gasteiger partial charge in [-0.2, -0.15) is 33.7 Å². The molecule has 5 aromatic heterocycles. The molecule has 5 aromatic rings. The van der Waals surface area contributed by atoms with Crippen molar-refractivity contribution in [3.63, 3.8) is 0 Å². The Morgan fingerprint density at radius 1 is 0.403 bits per heavy atom. The van der Waals surface area contributed by atoms with Gasteiger partial charge in [-0.1, -0.05) is 34.6 Å². The Balaban J connectivity index is 0.000000429. The van der Waals surface area contributed by atoms with Gasteiger partial charge in [0.1, 0.15) is 58.6 Å². The lowest BCUT2D eigenvalue weighted by molar-refractivity contribution is 0.353. The summed E-state index contributed by atoms with van der Waals surface area (Å²) in [6, 6.07) is 0. The van der Waals surface area contributed by atoms with E-state index in [1.54, 1.807) is 20.8 Å². The standard InChI is InChI=1S/C7H10O3.2C6H8O3.2C5H6O3.3C3H6O3S.2C2H4O3S/c1-3-4-6-5(2)9-7(8)10-6;2*1-3-5-4(2)8-6(7)9-5;2*1-2-4-3-7-5(6)8-4;3*4-7(5)3-1-2-6-7;2*3-6-4-1-2-5-6/h3-4H2,1-2H3;2*3H2,1-2H3;2*3H,2H2,1H3;3*1-3H2;2*1-2H2. The van der Waals surface area contributed by atoms with E-state index in [9.17, 15) is 57.6 Å². The van der Waals surface area contributed by atoms with E-state index in [1.807, 2.05) is 34.6 Å². The molecule has 10 rings (SSSR count). The zero-order valence-electron chi connectivity index (χ0n) is 43.4. The van der Waals surface area contributed by atoms with Crippen molar-refractivity contribution in [2.75, 3.05) is 63.5 Å². The molecule has 5 aliphatic heterocycles. The van der Waals surface area contributed by atoms with Gasteiger partial charge in [-0.05, 0) is 46.5 Å². The molecule has 0 unspecified atom stereocenters. The van der Waals surface area contributed by atoms with Gasteiger partial charge < -0.3 is 44.2 Å². The molecular formula is C42H64O30S5. The van der Waals surface area contributed by atoms with Gasteiger partial charge in [0.25, 0.3) is 30.4 Å². The van der Waals surface area contributed by atoms with Crippen LogP contribution in [-0.2, 0) is 114 Å². The maximum absolute atomic E-state index is 10.5. The summed E-state index contributed by atoms with van der Waals surface area (Å²) in [4.78, 5) is 51.4. The van der Waals surface area contributed by atoms with E-state index < -0.39 is 82.2 Å². The highest BCUT2D eigenvalue weighted by Gasteiger charge is 2.18. The lowest BCUT2D eigenvalue weighted by atomic mass is 10.2. The van der Waals surface area contributed by atoms with Gasteiger partial charge >= 0.3 is 51.8 Å². The Labute approximate surface area is 446 Å². The molecule has 35 heteroatoms. The monoisotopic (exact) mass is 1210 g/mol. The van der Waals surface area contributed by atoms with Gasteiger partial charge in [-0.3, -0.25) is 29.3 Å². The molecule has 30 nitrogen and oxygen atoms in total. The summed E-state index contributed by atoms with van der Waals surface area (Å²) < 4.78 is 157. The fourth-order valence-corrected chi connectivity index (χ4v) is 8.82. The molecule has 0 aromatic carbocycles. The second-order valence-corrected chi connectivity index (χ2v) is 21.6. The van der Waals surface area contributed by atoms with Crippen LogP contribution in [0, 0.1) is 20.8 Å². The van der Waals surface area contributed by atoms with E-state index in [2.05, 4.69) is 69.0 Å². The van der Waals surface area contributed by atoms with Crippen molar-refractivity contribution in [1.29, 1.82) is 0 Å². The highest BCUT2D eigenvalue weighted by atomic mass is 32.2. The SMILES string of the molecule is CCCc1oc(=O)oc1C.CCc1coc(=O)o1.CCc1coc(=O)o1.CCc1oc(=O)oc1C.CCc1oc(=O)oc1C.O=S1(=O)CCCO1.O=S1(=O)CCCO1.O=S1(=O)CCCO1.O=S1OCCO1.O=S1OCCO1. The Morgan fingerprint density at radius 2 is 0.701 bits per heavy atom. The molecule has 0 aliphatic carbocycles. The summed E-state index contributed by atoms with van der Waals surface area (Å²) in [7, 11) is -9.14. The summed E-state index contributed by atoms with van der Waals surface area (Å²) in [6.45, 7) is 17.7. The van der Waals surface area contributed by atoms with Gasteiger partial charge in [-0.25, -0.2) is 24.0 Å². The van der Waals surface area contributed by atoms with Crippen LogP contribution in [0.1, 0.15) is 106 Å². The first-order valence-electron chi connectivity index (χ1n) is 23.2. The van der Waals surface area contributed by atoms with Crippen molar-refractivity contribution < 1.29 is 107 Å². The number of aryl methyl sites for hydroxylation is 8. The first kappa shape index (κ1) is 69.9. The van der Waals surface area contributed by atoms with Crippen LogP contribution in [0.15, 0.2) is 80.7 Å². The quantitative estimate of drug-likeness (QED) is 0.219. The van der Waals surface area contributed by atoms with Gasteiger partial charge in [-0.15, -0.1) is 0 Å². The van der Waals surface area contributed by atoms with Gasteiger partial charge in [0.15, 0.2) is 0 Å². The van der Waals surface area contributed by atoms with Crippen LogP contribution in [0.5, 0.6) is 0 Å². The number of rotatable bonds is 6. The molecule has 5 saturated heterocycles. The van der Waals surface area contributed by atoms with Crippen molar-refractivity contribution in [1.82, 2.24) is 0 Å². The largest absolute Gasteiger partial charge is 0.519 e. The average molecular weight is 1210 g/mol. The summed E-state index contributed by atoms with van der Waals surface area (Å²) in [5.41, 5.74) is 0. The fourth-order valence-electron chi connectivity index (χ4n) is 4.99. The molecule has 0 atom stereocenters. The molecule has 10 heterocycles. The third-order valence-electron chi connectivity index (χ3n) is 8.61. The highest BCUT2D eigenvalue weighted by molar-refractivity contribution is 7.87. The predicted octanol–water partition coefficient (Wildman–Crippen LogP) is 3.72. The lowest BCUT2D eigenvalue weighted by Gasteiger charge is -1.87. The van der Waals surface area contributed by atoms with Crippen LogP contribution in [0.2, 0.25) is 0 Å². The number of hydrogen-bond acceptors (Lipinski definition) is 30. The maximum Gasteiger partial charge on any atom is 0.519 e. The van der Waals surface area contributed by atoms with Crippen molar-refractivity contribution in [3.8, 4) is 0 Å². The molecule has 0 amide bonds. The molecule has 0 radical (unpaired) electrons. The van der Waals surface area contributed by atoms with Crippen LogP contribution < -0.4 is 29.1 Å². The van der Waals surface area contributed by atoms with Crippen LogP contribution in [-0.4, -0.2) is 97.2 Å². The topological polar surface area (TPSA) is 418 Å². The lowest BCUT2D eigenvalue weighted by Crippen LogP contribution is -1.96. The smallest absolute Gasteiger partial charge is 0.399 e. The third kappa shape index (κ3) is 33.1. The molecule has 5 aliphatic rings.